The zero-order chi connectivity index (χ0) is 30.6. The molecule has 3 saturated heterocycles. The highest BCUT2D eigenvalue weighted by molar-refractivity contribution is 6.34. The monoisotopic (exact) mass is 601 g/mol. The van der Waals surface area contributed by atoms with Crippen molar-refractivity contribution in [3.05, 3.63) is 54.6 Å². The number of anilines is 1. The largest absolute Gasteiger partial charge is 0.460 e. The van der Waals surface area contributed by atoms with E-state index in [0.717, 1.165) is 0 Å². The second-order valence-corrected chi connectivity index (χ2v) is 11.5. The maximum absolute atomic E-state index is 14.5. The minimum absolute atomic E-state index is 0.119. The van der Waals surface area contributed by atoms with Gasteiger partial charge in [-0.05, 0) is 44.7 Å². The number of halogens is 1. The fourth-order valence-corrected chi connectivity index (χ4v) is 6.84. The van der Waals surface area contributed by atoms with Gasteiger partial charge in [0.25, 0.3) is 5.91 Å². The molecule has 4 rings (SSSR count). The van der Waals surface area contributed by atoms with Crippen molar-refractivity contribution in [3.63, 3.8) is 0 Å². The normalized spacial score (nSPS) is 27.2. The second-order valence-electron chi connectivity index (χ2n) is 11.1. The number of para-hydroxylation sites is 1. The number of aliphatic hydroxyl groups excluding tert-OH is 1. The van der Waals surface area contributed by atoms with E-state index < -0.39 is 59.5 Å². The third-order valence-electron chi connectivity index (χ3n) is 8.52. The lowest BCUT2D eigenvalue weighted by Gasteiger charge is -2.39. The second kappa shape index (κ2) is 13.4. The fourth-order valence-electron chi connectivity index (χ4n) is 6.60. The molecule has 3 aliphatic heterocycles. The molecule has 2 N–H and O–H groups in total. The van der Waals surface area contributed by atoms with E-state index in [1.807, 2.05) is 6.92 Å². The number of hydrogen-bond donors (Lipinski definition) is 2. The Morgan fingerprint density at radius 3 is 2.69 bits per heavy atom. The summed E-state index contributed by atoms with van der Waals surface area (Å²) >= 11 is 6.49. The number of carbonyl (C=O) groups is 4. The summed E-state index contributed by atoms with van der Waals surface area (Å²) in [6.07, 6.45) is 4.07. The quantitative estimate of drug-likeness (QED) is 0.248. The van der Waals surface area contributed by atoms with Gasteiger partial charge in [-0.15, -0.1) is 13.2 Å². The number of hydrogen-bond acceptors (Lipinski definition) is 7. The highest BCUT2D eigenvalue weighted by Gasteiger charge is 2.75. The summed E-state index contributed by atoms with van der Waals surface area (Å²) < 4.78 is 12.2. The molecular formula is C31H40ClN3O7. The van der Waals surface area contributed by atoms with E-state index in [1.54, 1.807) is 43.3 Å². The molecule has 11 heteroatoms. The van der Waals surface area contributed by atoms with Crippen LogP contribution in [0.5, 0.6) is 0 Å². The SMILES string of the molecule is C=CCCC(=O)NC[C@H](C)OC(=O)[C@@H]1[C@@H]2CC[C@]3(O2)[C@H](C(=O)N(CC=C)c2ccccc2Cl)N([C@@H](CC)CO)C(=O)[C@@H]13. The van der Waals surface area contributed by atoms with Gasteiger partial charge in [-0.25, -0.2) is 0 Å². The van der Waals surface area contributed by atoms with Gasteiger partial charge >= 0.3 is 5.97 Å². The number of esters is 1. The zero-order valence-electron chi connectivity index (χ0n) is 24.2. The first-order valence-electron chi connectivity index (χ1n) is 14.5. The van der Waals surface area contributed by atoms with Crippen LogP contribution in [0.25, 0.3) is 0 Å². The van der Waals surface area contributed by atoms with Crippen LogP contribution in [-0.2, 0) is 28.7 Å². The van der Waals surface area contributed by atoms with Gasteiger partial charge in [-0.1, -0.05) is 42.8 Å². The number of rotatable bonds is 14. The van der Waals surface area contributed by atoms with Crippen molar-refractivity contribution < 1.29 is 33.8 Å². The number of aliphatic hydroxyl groups is 1. The van der Waals surface area contributed by atoms with Crippen LogP contribution in [0.1, 0.15) is 46.0 Å². The molecular weight excluding hydrogens is 562 g/mol. The molecule has 2 bridgehead atoms. The first-order chi connectivity index (χ1) is 20.1. The standard InChI is InChI=1S/C31H40ClN3O7/c1-5-8-13-24(37)33-17-19(4)41-30(40)25-23-14-15-31(42-23)26(25)28(38)35(20(7-3)18-36)27(31)29(39)34(16-6-2)22-12-10-9-11-21(22)32/h5-6,9-12,19-20,23,25-27,36H,1-2,7-8,13-18H2,3-4H3,(H,33,37)/t19-,20-,23-,25+,26+,27-,31+/m0/s1. The smallest absolute Gasteiger partial charge is 0.312 e. The molecule has 7 atom stereocenters. The third kappa shape index (κ3) is 5.72. The van der Waals surface area contributed by atoms with Crippen LogP contribution in [0.3, 0.4) is 0 Å². The van der Waals surface area contributed by atoms with Crippen molar-refractivity contribution >= 4 is 41.0 Å². The van der Waals surface area contributed by atoms with Gasteiger partial charge in [0.2, 0.25) is 11.8 Å². The van der Waals surface area contributed by atoms with E-state index in [9.17, 15) is 24.3 Å². The first-order valence-corrected chi connectivity index (χ1v) is 14.9. The molecule has 228 valence electrons. The summed E-state index contributed by atoms with van der Waals surface area (Å²) in [6.45, 7) is 10.8. The predicted molar refractivity (Wildman–Crippen MR) is 158 cm³/mol. The van der Waals surface area contributed by atoms with Crippen LogP contribution < -0.4 is 10.2 Å². The summed E-state index contributed by atoms with van der Waals surface area (Å²) in [5.74, 6) is -3.50. The molecule has 10 nitrogen and oxygen atoms in total. The predicted octanol–water partition coefficient (Wildman–Crippen LogP) is 3.02. The van der Waals surface area contributed by atoms with Gasteiger partial charge in [0.1, 0.15) is 17.7 Å². The van der Waals surface area contributed by atoms with Crippen LogP contribution in [0.2, 0.25) is 5.02 Å². The number of fused-ring (bicyclic) bond motifs is 1. The molecule has 0 aliphatic carbocycles. The molecule has 1 spiro atoms. The van der Waals surface area contributed by atoms with Crippen molar-refractivity contribution in [2.45, 2.75) is 75.8 Å². The van der Waals surface area contributed by atoms with Crippen LogP contribution in [0, 0.1) is 11.8 Å². The Labute approximate surface area is 251 Å². The van der Waals surface area contributed by atoms with E-state index in [2.05, 4.69) is 18.5 Å². The Morgan fingerprint density at radius 2 is 2.05 bits per heavy atom. The minimum atomic E-state index is -1.27. The van der Waals surface area contributed by atoms with Gasteiger partial charge in [0.15, 0.2) is 0 Å². The van der Waals surface area contributed by atoms with Crippen LogP contribution in [-0.4, -0.2) is 83.3 Å². The van der Waals surface area contributed by atoms with E-state index in [-0.39, 0.29) is 32.0 Å². The highest BCUT2D eigenvalue weighted by atomic mass is 35.5. The number of benzene rings is 1. The number of amides is 3. The Hall–Kier alpha value is -3.21. The van der Waals surface area contributed by atoms with Crippen LogP contribution in [0.15, 0.2) is 49.6 Å². The summed E-state index contributed by atoms with van der Waals surface area (Å²) in [4.78, 5) is 57.1. The van der Waals surface area contributed by atoms with E-state index >= 15 is 0 Å². The molecule has 0 saturated carbocycles. The number of likely N-dealkylation sites (tertiary alicyclic amines) is 1. The highest BCUT2D eigenvalue weighted by Crippen LogP contribution is 2.59. The summed E-state index contributed by atoms with van der Waals surface area (Å²) in [5.41, 5.74) is -0.811. The molecule has 0 unspecified atom stereocenters. The van der Waals surface area contributed by atoms with Gasteiger partial charge in [-0.3, -0.25) is 19.2 Å². The van der Waals surface area contributed by atoms with Crippen molar-refractivity contribution in [3.8, 4) is 0 Å². The lowest BCUT2D eigenvalue weighted by atomic mass is 9.70. The van der Waals surface area contributed by atoms with Gasteiger partial charge < -0.3 is 29.7 Å². The van der Waals surface area contributed by atoms with Crippen LogP contribution in [0.4, 0.5) is 5.69 Å². The van der Waals surface area contributed by atoms with Gasteiger partial charge in [0, 0.05) is 13.0 Å². The van der Waals surface area contributed by atoms with Gasteiger partial charge in [-0.2, -0.15) is 0 Å². The molecule has 3 fully saturated rings. The summed E-state index contributed by atoms with van der Waals surface area (Å²) in [5, 5.41) is 13.4. The van der Waals surface area contributed by atoms with E-state index in [4.69, 9.17) is 21.1 Å². The average Bonchev–Trinajstić information content (AvgIpc) is 3.62. The molecule has 0 aromatic heterocycles. The first kappa shape index (κ1) is 31.7. The molecule has 0 radical (unpaired) electrons. The van der Waals surface area contributed by atoms with Crippen molar-refractivity contribution in [1.29, 1.82) is 0 Å². The Morgan fingerprint density at radius 1 is 1.31 bits per heavy atom. The topological polar surface area (TPSA) is 125 Å². The molecule has 3 aliphatic rings. The number of allylic oxidation sites excluding steroid dienone is 1. The molecule has 1 aromatic rings. The zero-order valence-corrected chi connectivity index (χ0v) is 24.9. The number of carbonyl (C=O) groups excluding carboxylic acids is 4. The molecule has 42 heavy (non-hydrogen) atoms. The number of nitrogens with zero attached hydrogens (tertiary/aromatic N) is 2. The lowest BCUT2D eigenvalue weighted by molar-refractivity contribution is -0.159. The maximum atomic E-state index is 14.5. The minimum Gasteiger partial charge on any atom is -0.460 e. The maximum Gasteiger partial charge on any atom is 0.312 e. The van der Waals surface area contributed by atoms with Crippen molar-refractivity contribution in [1.82, 2.24) is 10.2 Å². The number of nitrogens with one attached hydrogen (secondary N) is 1. The Kier molecular flexibility index (Phi) is 10.1. The van der Waals surface area contributed by atoms with E-state index in [1.165, 1.54) is 9.80 Å². The Bertz CT molecular complexity index is 1220. The van der Waals surface area contributed by atoms with E-state index in [0.29, 0.717) is 36.4 Å². The molecule has 1 aromatic carbocycles. The summed E-state index contributed by atoms with van der Waals surface area (Å²) in [7, 11) is 0. The molecule has 3 amide bonds. The fraction of sp³-hybridized carbons (Fsp3) is 0.548. The third-order valence-corrected chi connectivity index (χ3v) is 8.84. The number of ether oxygens (including phenoxy) is 2. The lowest BCUT2D eigenvalue weighted by Crippen LogP contribution is -2.59. The van der Waals surface area contributed by atoms with Crippen LogP contribution >= 0.6 is 11.6 Å². The van der Waals surface area contributed by atoms with Crippen molar-refractivity contribution in [2.75, 3.05) is 24.6 Å². The Balaban J connectivity index is 1.64. The average molecular weight is 602 g/mol. The van der Waals surface area contributed by atoms with Gasteiger partial charge in [0.05, 0.1) is 47.8 Å². The summed E-state index contributed by atoms with van der Waals surface area (Å²) in [6, 6.07) is 5.16. The van der Waals surface area contributed by atoms with Crippen molar-refractivity contribution in [2.24, 2.45) is 11.8 Å². The molecule has 3 heterocycles.